The van der Waals surface area contributed by atoms with Gasteiger partial charge < -0.3 is 10.2 Å². The number of carbonyl (C=O) groups excluding carboxylic acids is 3. The third-order valence-corrected chi connectivity index (χ3v) is 7.94. The number of rotatable bonds is 3. The van der Waals surface area contributed by atoms with Gasteiger partial charge in [-0.25, -0.2) is 0 Å². The van der Waals surface area contributed by atoms with Gasteiger partial charge in [-0.1, -0.05) is 12.1 Å². The molecule has 1 spiro atoms. The number of imide groups is 1. The second kappa shape index (κ2) is 6.86. The van der Waals surface area contributed by atoms with Crippen LogP contribution in [-0.2, 0) is 22.7 Å². The lowest BCUT2D eigenvalue weighted by Gasteiger charge is -2.53. The topological polar surface area (TPSA) is 81.8 Å². The van der Waals surface area contributed by atoms with E-state index in [4.69, 9.17) is 0 Å². The molecule has 5 rings (SSSR count). The molecule has 0 aliphatic carbocycles. The van der Waals surface area contributed by atoms with Crippen LogP contribution in [0.4, 0.5) is 0 Å². The van der Waals surface area contributed by atoms with E-state index >= 15 is 0 Å². The third-order valence-electron chi connectivity index (χ3n) is 6.36. The second-order valence-electron chi connectivity index (χ2n) is 8.02. The smallest absolute Gasteiger partial charge is 0.255 e. The first-order valence-electron chi connectivity index (χ1n) is 9.93. The molecule has 4 aliphatic heterocycles. The van der Waals surface area contributed by atoms with Crippen LogP contribution in [0.2, 0.25) is 0 Å². The van der Waals surface area contributed by atoms with Crippen molar-refractivity contribution in [3.05, 3.63) is 34.9 Å². The van der Waals surface area contributed by atoms with Gasteiger partial charge in [0.2, 0.25) is 11.8 Å². The van der Waals surface area contributed by atoms with Gasteiger partial charge in [0.25, 0.3) is 5.91 Å². The predicted molar refractivity (Wildman–Crippen MR) is 106 cm³/mol. The minimum atomic E-state index is -0.557. The Morgan fingerprint density at radius 1 is 1.21 bits per heavy atom. The van der Waals surface area contributed by atoms with Crippen molar-refractivity contribution in [1.29, 1.82) is 0 Å². The molecule has 148 valence electrons. The number of benzene rings is 1. The molecule has 4 heterocycles. The van der Waals surface area contributed by atoms with Crippen LogP contribution in [0.25, 0.3) is 0 Å². The monoisotopic (exact) mass is 400 g/mol. The van der Waals surface area contributed by atoms with E-state index in [0.717, 1.165) is 31.7 Å². The van der Waals surface area contributed by atoms with Gasteiger partial charge in [0, 0.05) is 44.7 Å². The zero-order chi connectivity index (χ0) is 19.3. The molecule has 1 unspecified atom stereocenters. The maximum Gasteiger partial charge on any atom is 0.255 e. The van der Waals surface area contributed by atoms with Crippen molar-refractivity contribution < 1.29 is 14.4 Å². The van der Waals surface area contributed by atoms with E-state index in [2.05, 4.69) is 21.6 Å². The second-order valence-corrected chi connectivity index (χ2v) is 9.47. The lowest BCUT2D eigenvalue weighted by atomic mass is 10.0. The summed E-state index contributed by atoms with van der Waals surface area (Å²) in [5.41, 5.74) is 2.91. The standard InChI is InChI=1S/C20H24N4O3S/c25-17-6-5-16(18(26)22-17)24-10-15-13(3-1-4-14(15)19(24)27)9-23-7-2-8-28-20(23)11-21-12-20/h1,3-4,16,21H,2,5-12H2,(H,22,25,26). The minimum absolute atomic E-state index is 0.0978. The summed E-state index contributed by atoms with van der Waals surface area (Å²) in [6, 6.07) is 5.36. The van der Waals surface area contributed by atoms with Crippen LogP contribution < -0.4 is 10.6 Å². The lowest BCUT2D eigenvalue weighted by molar-refractivity contribution is -0.136. The van der Waals surface area contributed by atoms with Gasteiger partial charge in [0.05, 0.1) is 4.87 Å². The highest BCUT2D eigenvalue weighted by atomic mass is 32.2. The van der Waals surface area contributed by atoms with Crippen molar-refractivity contribution in [2.24, 2.45) is 0 Å². The Bertz CT molecular complexity index is 854. The van der Waals surface area contributed by atoms with Crippen LogP contribution in [-0.4, -0.2) is 63.8 Å². The Morgan fingerprint density at radius 3 is 2.82 bits per heavy atom. The van der Waals surface area contributed by atoms with Crippen molar-refractivity contribution in [2.45, 2.75) is 43.3 Å². The van der Waals surface area contributed by atoms with Gasteiger partial charge in [0.1, 0.15) is 6.04 Å². The van der Waals surface area contributed by atoms with Gasteiger partial charge in [-0.2, -0.15) is 0 Å². The van der Waals surface area contributed by atoms with Gasteiger partial charge in [-0.3, -0.25) is 24.6 Å². The molecular weight excluding hydrogens is 376 g/mol. The van der Waals surface area contributed by atoms with Gasteiger partial charge in [-0.05, 0) is 35.8 Å². The summed E-state index contributed by atoms with van der Waals surface area (Å²) in [5.74, 6) is 0.491. The van der Waals surface area contributed by atoms with Crippen LogP contribution in [0, 0.1) is 0 Å². The van der Waals surface area contributed by atoms with E-state index in [1.165, 1.54) is 17.7 Å². The average Bonchev–Trinajstić information content (AvgIpc) is 2.99. The van der Waals surface area contributed by atoms with Crippen molar-refractivity contribution in [2.75, 3.05) is 25.4 Å². The van der Waals surface area contributed by atoms with Crippen LogP contribution in [0.5, 0.6) is 0 Å². The van der Waals surface area contributed by atoms with E-state index in [-0.39, 0.29) is 29.0 Å². The first kappa shape index (κ1) is 18.1. The largest absolute Gasteiger partial charge is 0.322 e. The molecule has 0 bridgehead atoms. The van der Waals surface area contributed by atoms with Crippen LogP contribution >= 0.6 is 11.8 Å². The molecule has 7 nitrogen and oxygen atoms in total. The molecular formula is C20H24N4O3S. The molecule has 1 aromatic rings. The highest BCUT2D eigenvalue weighted by Crippen LogP contribution is 2.39. The molecule has 8 heteroatoms. The summed E-state index contributed by atoms with van der Waals surface area (Å²) in [6.07, 6.45) is 1.87. The van der Waals surface area contributed by atoms with Crippen LogP contribution in [0.3, 0.4) is 0 Å². The first-order chi connectivity index (χ1) is 13.6. The molecule has 0 aromatic heterocycles. The van der Waals surface area contributed by atoms with Gasteiger partial charge in [-0.15, -0.1) is 11.8 Å². The number of nitrogens with zero attached hydrogens (tertiary/aromatic N) is 2. The van der Waals surface area contributed by atoms with Crippen molar-refractivity contribution in [3.63, 3.8) is 0 Å². The number of thioether (sulfide) groups is 1. The maximum absolute atomic E-state index is 13.0. The lowest BCUT2D eigenvalue weighted by Crippen LogP contribution is -2.68. The van der Waals surface area contributed by atoms with E-state index in [1.807, 2.05) is 23.9 Å². The summed E-state index contributed by atoms with van der Waals surface area (Å²) in [7, 11) is 0. The molecule has 4 aliphatic rings. The quantitative estimate of drug-likeness (QED) is 0.727. The van der Waals surface area contributed by atoms with E-state index in [9.17, 15) is 14.4 Å². The highest BCUT2D eigenvalue weighted by Gasteiger charge is 2.45. The predicted octanol–water partition coefficient (Wildman–Crippen LogP) is 0.686. The highest BCUT2D eigenvalue weighted by molar-refractivity contribution is 8.00. The third kappa shape index (κ3) is 2.86. The Balaban J connectivity index is 1.39. The summed E-state index contributed by atoms with van der Waals surface area (Å²) in [5, 5.41) is 5.78. The molecule has 3 saturated heterocycles. The molecule has 1 aromatic carbocycles. The van der Waals surface area contributed by atoms with E-state index in [0.29, 0.717) is 18.5 Å². The van der Waals surface area contributed by atoms with Crippen LogP contribution in [0.1, 0.15) is 40.7 Å². The number of fused-ring (bicyclic) bond motifs is 1. The number of hydrogen-bond acceptors (Lipinski definition) is 6. The SMILES string of the molecule is O=C1CCC(N2Cc3c(CN4CCCSC45CNC5)cccc3C2=O)C(=O)N1. The average molecular weight is 401 g/mol. The van der Waals surface area contributed by atoms with Gasteiger partial charge in [0.15, 0.2) is 0 Å². The molecule has 3 amide bonds. The Hall–Kier alpha value is -1.90. The molecule has 0 saturated carbocycles. The fourth-order valence-electron chi connectivity index (χ4n) is 4.70. The number of hydrogen-bond donors (Lipinski definition) is 2. The fraction of sp³-hybridized carbons (Fsp3) is 0.550. The Labute approximate surface area is 168 Å². The molecule has 3 fully saturated rings. The van der Waals surface area contributed by atoms with Crippen molar-refractivity contribution >= 4 is 29.5 Å². The van der Waals surface area contributed by atoms with Crippen molar-refractivity contribution in [3.8, 4) is 0 Å². The Kier molecular flexibility index (Phi) is 4.45. The molecule has 0 radical (unpaired) electrons. The molecule has 2 N–H and O–H groups in total. The molecule has 28 heavy (non-hydrogen) atoms. The van der Waals surface area contributed by atoms with E-state index in [1.54, 1.807) is 4.90 Å². The first-order valence-corrected chi connectivity index (χ1v) is 10.9. The van der Waals surface area contributed by atoms with Crippen molar-refractivity contribution in [1.82, 2.24) is 20.4 Å². The zero-order valence-corrected chi connectivity index (χ0v) is 16.5. The molecule has 1 atom stereocenters. The zero-order valence-electron chi connectivity index (χ0n) is 15.7. The van der Waals surface area contributed by atoms with Gasteiger partial charge >= 0.3 is 0 Å². The maximum atomic E-state index is 13.0. The summed E-state index contributed by atoms with van der Waals surface area (Å²) in [4.78, 5) is 41.1. The van der Waals surface area contributed by atoms with Crippen LogP contribution in [0.15, 0.2) is 18.2 Å². The number of piperidine rings is 1. The number of nitrogens with one attached hydrogen (secondary N) is 2. The van der Waals surface area contributed by atoms with E-state index < -0.39 is 6.04 Å². The number of carbonyl (C=O) groups is 3. The summed E-state index contributed by atoms with van der Waals surface area (Å²) in [6.45, 7) is 4.36. The Morgan fingerprint density at radius 2 is 2.07 bits per heavy atom. The minimum Gasteiger partial charge on any atom is -0.322 e. The summed E-state index contributed by atoms with van der Waals surface area (Å²) >= 11 is 2.04. The number of amides is 3. The summed E-state index contributed by atoms with van der Waals surface area (Å²) < 4.78 is 0. The fourth-order valence-corrected chi connectivity index (χ4v) is 6.10. The normalized spacial score (nSPS) is 26.9.